The largest absolute Gasteiger partial charge is 0.491 e. The predicted octanol–water partition coefficient (Wildman–Crippen LogP) is 3.88. The van der Waals surface area contributed by atoms with Gasteiger partial charge in [0, 0.05) is 18.4 Å². The van der Waals surface area contributed by atoms with Crippen molar-refractivity contribution in [2.75, 3.05) is 25.1 Å². The summed E-state index contributed by atoms with van der Waals surface area (Å²) in [4.78, 5) is 12.2. The highest BCUT2D eigenvalue weighted by atomic mass is 16.5. The Morgan fingerprint density at radius 1 is 1.15 bits per heavy atom. The van der Waals surface area contributed by atoms with Crippen LogP contribution in [0.15, 0.2) is 42.5 Å². The van der Waals surface area contributed by atoms with Crippen LogP contribution in [0.5, 0.6) is 11.5 Å². The topological polar surface area (TPSA) is 56.8 Å². The standard InChI is InChI=1S/C21H25NO4/c1-15-6-3-7-16(2)21(15)26-14-20(23)22-17-8-4-9-18(12-17)25-13-19-10-5-11-24-19/h3-4,6-9,12,19H,5,10-11,13-14H2,1-2H3,(H,22,23). The second-order valence-corrected chi connectivity index (χ2v) is 6.53. The summed E-state index contributed by atoms with van der Waals surface area (Å²) in [6.07, 6.45) is 2.29. The summed E-state index contributed by atoms with van der Waals surface area (Å²) in [6.45, 7) is 5.24. The lowest BCUT2D eigenvalue weighted by molar-refractivity contribution is -0.118. The van der Waals surface area contributed by atoms with E-state index in [9.17, 15) is 4.79 Å². The molecule has 1 atom stereocenters. The smallest absolute Gasteiger partial charge is 0.262 e. The molecule has 2 aromatic rings. The molecular formula is C21H25NO4. The summed E-state index contributed by atoms with van der Waals surface area (Å²) < 4.78 is 17.0. The minimum absolute atomic E-state index is 0.0350. The SMILES string of the molecule is Cc1cccc(C)c1OCC(=O)Nc1cccc(OCC2CCCO2)c1. The Balaban J connectivity index is 1.51. The molecule has 1 amide bonds. The summed E-state index contributed by atoms with van der Waals surface area (Å²) in [5.74, 6) is 1.27. The van der Waals surface area contributed by atoms with Gasteiger partial charge in [0.1, 0.15) is 18.1 Å². The van der Waals surface area contributed by atoms with Crippen LogP contribution in [0.25, 0.3) is 0 Å². The van der Waals surface area contributed by atoms with Crippen LogP contribution >= 0.6 is 0 Å². The minimum Gasteiger partial charge on any atom is -0.491 e. The van der Waals surface area contributed by atoms with Gasteiger partial charge in [0.15, 0.2) is 6.61 Å². The molecule has 5 heteroatoms. The van der Waals surface area contributed by atoms with E-state index in [1.54, 1.807) is 0 Å². The van der Waals surface area contributed by atoms with E-state index >= 15 is 0 Å². The molecule has 1 heterocycles. The molecule has 1 aliphatic rings. The highest BCUT2D eigenvalue weighted by molar-refractivity contribution is 5.92. The number of amides is 1. The van der Waals surface area contributed by atoms with Gasteiger partial charge in [-0.15, -0.1) is 0 Å². The Bertz CT molecular complexity index is 733. The Labute approximate surface area is 154 Å². The summed E-state index contributed by atoms with van der Waals surface area (Å²) >= 11 is 0. The highest BCUT2D eigenvalue weighted by Gasteiger charge is 2.16. The maximum Gasteiger partial charge on any atom is 0.262 e. The lowest BCUT2D eigenvalue weighted by Crippen LogP contribution is -2.21. The molecule has 1 aliphatic heterocycles. The monoisotopic (exact) mass is 355 g/mol. The molecule has 0 saturated carbocycles. The fourth-order valence-corrected chi connectivity index (χ4v) is 2.99. The predicted molar refractivity (Wildman–Crippen MR) is 101 cm³/mol. The van der Waals surface area contributed by atoms with Crippen molar-refractivity contribution in [1.29, 1.82) is 0 Å². The van der Waals surface area contributed by atoms with Crippen molar-refractivity contribution in [1.82, 2.24) is 0 Å². The van der Waals surface area contributed by atoms with Crippen molar-refractivity contribution >= 4 is 11.6 Å². The second-order valence-electron chi connectivity index (χ2n) is 6.53. The van der Waals surface area contributed by atoms with Crippen molar-refractivity contribution in [2.24, 2.45) is 0 Å². The first-order valence-electron chi connectivity index (χ1n) is 8.95. The van der Waals surface area contributed by atoms with Gasteiger partial charge in [-0.1, -0.05) is 24.3 Å². The van der Waals surface area contributed by atoms with Gasteiger partial charge in [-0.05, 0) is 49.9 Å². The third-order valence-corrected chi connectivity index (χ3v) is 4.33. The molecule has 0 spiro atoms. The first-order valence-corrected chi connectivity index (χ1v) is 8.95. The summed E-state index contributed by atoms with van der Waals surface area (Å²) in [7, 11) is 0. The third kappa shape index (κ3) is 4.99. The Hall–Kier alpha value is -2.53. The molecule has 1 saturated heterocycles. The molecule has 1 fully saturated rings. The molecular weight excluding hydrogens is 330 g/mol. The number of benzene rings is 2. The van der Waals surface area contributed by atoms with E-state index in [0.29, 0.717) is 18.0 Å². The number of nitrogens with one attached hydrogen (secondary N) is 1. The molecule has 0 aromatic heterocycles. The maximum absolute atomic E-state index is 12.2. The molecule has 26 heavy (non-hydrogen) atoms. The third-order valence-electron chi connectivity index (χ3n) is 4.33. The van der Waals surface area contributed by atoms with Crippen molar-refractivity contribution < 1.29 is 19.0 Å². The first-order chi connectivity index (χ1) is 12.6. The van der Waals surface area contributed by atoms with Crippen LogP contribution in [-0.4, -0.2) is 31.8 Å². The lowest BCUT2D eigenvalue weighted by atomic mass is 10.1. The van der Waals surface area contributed by atoms with E-state index in [1.165, 1.54) is 0 Å². The van der Waals surface area contributed by atoms with E-state index in [4.69, 9.17) is 14.2 Å². The van der Waals surface area contributed by atoms with Crippen LogP contribution in [0, 0.1) is 13.8 Å². The molecule has 0 radical (unpaired) electrons. The van der Waals surface area contributed by atoms with Crippen molar-refractivity contribution in [3.05, 3.63) is 53.6 Å². The number of para-hydroxylation sites is 1. The van der Waals surface area contributed by atoms with Gasteiger partial charge in [-0.2, -0.15) is 0 Å². The van der Waals surface area contributed by atoms with Crippen molar-refractivity contribution in [3.8, 4) is 11.5 Å². The first kappa shape index (κ1) is 18.3. The fraction of sp³-hybridized carbons (Fsp3) is 0.381. The van der Waals surface area contributed by atoms with Gasteiger partial charge in [-0.25, -0.2) is 0 Å². The summed E-state index contributed by atoms with van der Waals surface area (Å²) in [5.41, 5.74) is 2.72. The zero-order valence-corrected chi connectivity index (χ0v) is 15.3. The van der Waals surface area contributed by atoms with E-state index in [-0.39, 0.29) is 18.6 Å². The van der Waals surface area contributed by atoms with Crippen molar-refractivity contribution in [3.63, 3.8) is 0 Å². The van der Waals surface area contributed by atoms with Crippen LogP contribution in [0.4, 0.5) is 5.69 Å². The van der Waals surface area contributed by atoms with Crippen LogP contribution < -0.4 is 14.8 Å². The van der Waals surface area contributed by atoms with Gasteiger partial charge < -0.3 is 19.5 Å². The highest BCUT2D eigenvalue weighted by Crippen LogP contribution is 2.23. The summed E-state index contributed by atoms with van der Waals surface area (Å²) in [6, 6.07) is 13.3. The molecule has 2 aromatic carbocycles. The van der Waals surface area contributed by atoms with Crippen LogP contribution in [0.1, 0.15) is 24.0 Å². The normalized spacial score (nSPS) is 16.3. The molecule has 5 nitrogen and oxygen atoms in total. The number of carbonyl (C=O) groups is 1. The minimum atomic E-state index is -0.205. The average Bonchev–Trinajstić information content (AvgIpc) is 3.13. The number of ether oxygens (including phenoxy) is 3. The number of carbonyl (C=O) groups excluding carboxylic acids is 1. The Kier molecular flexibility index (Phi) is 6.12. The molecule has 1 unspecified atom stereocenters. The molecule has 0 aliphatic carbocycles. The Morgan fingerprint density at radius 3 is 2.65 bits per heavy atom. The second kappa shape index (κ2) is 8.72. The number of rotatable bonds is 7. The number of anilines is 1. The van der Waals surface area contributed by atoms with Crippen LogP contribution in [-0.2, 0) is 9.53 Å². The maximum atomic E-state index is 12.2. The molecule has 0 bridgehead atoms. The van der Waals surface area contributed by atoms with Crippen LogP contribution in [0.3, 0.4) is 0 Å². The fourth-order valence-electron chi connectivity index (χ4n) is 2.99. The van der Waals surface area contributed by atoms with E-state index in [0.717, 1.165) is 36.3 Å². The van der Waals surface area contributed by atoms with E-state index < -0.39 is 0 Å². The van der Waals surface area contributed by atoms with E-state index in [2.05, 4.69) is 5.32 Å². The zero-order valence-electron chi connectivity index (χ0n) is 15.3. The zero-order chi connectivity index (χ0) is 18.4. The van der Waals surface area contributed by atoms with Gasteiger partial charge in [0.25, 0.3) is 5.91 Å². The number of hydrogen-bond donors (Lipinski definition) is 1. The van der Waals surface area contributed by atoms with Crippen LogP contribution in [0.2, 0.25) is 0 Å². The lowest BCUT2D eigenvalue weighted by Gasteiger charge is -2.13. The summed E-state index contributed by atoms with van der Waals surface area (Å²) in [5, 5.41) is 2.84. The quantitative estimate of drug-likeness (QED) is 0.819. The van der Waals surface area contributed by atoms with Gasteiger partial charge >= 0.3 is 0 Å². The van der Waals surface area contributed by atoms with Crippen molar-refractivity contribution in [2.45, 2.75) is 32.8 Å². The molecule has 1 N–H and O–H groups in total. The van der Waals surface area contributed by atoms with Gasteiger partial charge in [-0.3, -0.25) is 4.79 Å². The molecule has 3 rings (SSSR count). The molecule has 138 valence electrons. The number of hydrogen-bond acceptors (Lipinski definition) is 4. The average molecular weight is 355 g/mol. The van der Waals surface area contributed by atoms with E-state index in [1.807, 2.05) is 56.3 Å². The van der Waals surface area contributed by atoms with Gasteiger partial charge in [0.05, 0.1) is 6.10 Å². The Morgan fingerprint density at radius 2 is 1.92 bits per heavy atom. The van der Waals surface area contributed by atoms with Gasteiger partial charge in [0.2, 0.25) is 0 Å². The number of aryl methyl sites for hydroxylation is 2.